The number of hydrogen-bond acceptors (Lipinski definition) is 6. The highest BCUT2D eigenvalue weighted by atomic mass is 32.2. The summed E-state index contributed by atoms with van der Waals surface area (Å²) in [6.45, 7) is 4.98. The van der Waals surface area contributed by atoms with E-state index in [0.29, 0.717) is 31.1 Å². The van der Waals surface area contributed by atoms with Crippen molar-refractivity contribution in [1.82, 2.24) is 4.31 Å². The lowest BCUT2D eigenvalue weighted by atomic mass is 10.2. The molecule has 1 fully saturated rings. The largest absolute Gasteiger partial charge is 0.495 e. The van der Waals surface area contributed by atoms with Gasteiger partial charge in [0.2, 0.25) is 10.0 Å². The molecule has 2 aromatic rings. The van der Waals surface area contributed by atoms with E-state index in [1.807, 2.05) is 38.1 Å². The molecular weight excluding hydrogens is 420 g/mol. The molecule has 1 aliphatic rings. The molecule has 0 aromatic heterocycles. The Balaban J connectivity index is 1.82. The van der Waals surface area contributed by atoms with Gasteiger partial charge in [-0.15, -0.1) is 0 Å². The third kappa shape index (κ3) is 5.36. The molecule has 1 atom stereocenters. The zero-order valence-corrected chi connectivity index (χ0v) is 18.8. The number of amides is 1. The van der Waals surface area contributed by atoms with E-state index in [9.17, 15) is 13.2 Å². The fourth-order valence-electron chi connectivity index (χ4n) is 3.27. The number of ether oxygens (including phenoxy) is 3. The number of benzene rings is 2. The lowest BCUT2D eigenvalue weighted by Gasteiger charge is -2.27. The van der Waals surface area contributed by atoms with Gasteiger partial charge in [0.05, 0.1) is 20.3 Å². The van der Waals surface area contributed by atoms with Crippen LogP contribution in [-0.2, 0) is 19.6 Å². The van der Waals surface area contributed by atoms with E-state index in [2.05, 4.69) is 5.32 Å². The van der Waals surface area contributed by atoms with E-state index in [4.69, 9.17) is 14.2 Å². The van der Waals surface area contributed by atoms with Gasteiger partial charge in [0, 0.05) is 18.8 Å². The van der Waals surface area contributed by atoms with E-state index in [1.54, 1.807) is 6.07 Å². The van der Waals surface area contributed by atoms with Crippen LogP contribution >= 0.6 is 0 Å². The standard InChI is InChI=1S/C22H28N2O6S/c1-4-18(30-19-8-6-5-7-16(19)2)22(25)23-17-9-10-20(28-3)21(15-17)31(26,27)24-11-13-29-14-12-24/h5-10,15,18H,4,11-14H2,1-3H3,(H,23,25)/t18-/m1/s1. The van der Waals surface area contributed by atoms with Crippen LogP contribution in [0.2, 0.25) is 0 Å². The molecule has 0 unspecified atom stereocenters. The van der Waals surface area contributed by atoms with Gasteiger partial charge in [-0.2, -0.15) is 4.31 Å². The number of nitrogens with zero attached hydrogens (tertiary/aromatic N) is 1. The highest BCUT2D eigenvalue weighted by molar-refractivity contribution is 7.89. The number of nitrogens with one attached hydrogen (secondary N) is 1. The van der Waals surface area contributed by atoms with Crippen LogP contribution < -0.4 is 14.8 Å². The Morgan fingerprint density at radius 3 is 2.52 bits per heavy atom. The fourth-order valence-corrected chi connectivity index (χ4v) is 4.86. The monoisotopic (exact) mass is 448 g/mol. The molecule has 0 saturated carbocycles. The van der Waals surface area contributed by atoms with Gasteiger partial charge in [-0.1, -0.05) is 25.1 Å². The van der Waals surface area contributed by atoms with E-state index in [-0.39, 0.29) is 29.6 Å². The summed E-state index contributed by atoms with van der Waals surface area (Å²) in [5, 5.41) is 2.77. The van der Waals surface area contributed by atoms with Gasteiger partial charge < -0.3 is 19.5 Å². The van der Waals surface area contributed by atoms with Crippen molar-refractivity contribution in [2.75, 3.05) is 38.7 Å². The average molecular weight is 449 g/mol. The Morgan fingerprint density at radius 2 is 1.87 bits per heavy atom. The van der Waals surface area contributed by atoms with Crippen LogP contribution in [0.4, 0.5) is 5.69 Å². The predicted molar refractivity (Wildman–Crippen MR) is 117 cm³/mol. The lowest BCUT2D eigenvalue weighted by molar-refractivity contribution is -0.122. The van der Waals surface area contributed by atoms with Crippen LogP contribution in [0.5, 0.6) is 11.5 Å². The molecule has 2 aromatic carbocycles. The number of rotatable bonds is 8. The minimum atomic E-state index is -3.80. The molecule has 1 saturated heterocycles. The van der Waals surface area contributed by atoms with Gasteiger partial charge in [0.25, 0.3) is 5.91 Å². The summed E-state index contributed by atoms with van der Waals surface area (Å²) >= 11 is 0. The molecule has 3 rings (SSSR count). The van der Waals surface area contributed by atoms with Crippen molar-refractivity contribution in [2.45, 2.75) is 31.3 Å². The van der Waals surface area contributed by atoms with E-state index >= 15 is 0 Å². The first-order chi connectivity index (χ1) is 14.9. The molecule has 0 aliphatic carbocycles. The van der Waals surface area contributed by atoms with Crippen molar-refractivity contribution in [2.24, 2.45) is 0 Å². The van der Waals surface area contributed by atoms with Gasteiger partial charge in [0.15, 0.2) is 6.10 Å². The fraction of sp³-hybridized carbons (Fsp3) is 0.409. The maximum atomic E-state index is 13.1. The number of anilines is 1. The Bertz CT molecular complexity index is 1020. The van der Waals surface area contributed by atoms with Crippen LogP contribution in [-0.4, -0.2) is 58.1 Å². The average Bonchev–Trinajstić information content (AvgIpc) is 2.79. The number of carbonyl (C=O) groups is 1. The minimum absolute atomic E-state index is 0.00238. The van der Waals surface area contributed by atoms with Gasteiger partial charge in [-0.05, 0) is 43.2 Å². The molecule has 0 bridgehead atoms. The van der Waals surface area contributed by atoms with Gasteiger partial charge in [-0.25, -0.2) is 8.42 Å². The SMILES string of the molecule is CC[C@@H](Oc1ccccc1C)C(=O)Nc1ccc(OC)c(S(=O)(=O)N2CCOCC2)c1. The molecule has 9 heteroatoms. The smallest absolute Gasteiger partial charge is 0.265 e. The summed E-state index contributed by atoms with van der Waals surface area (Å²) in [5.74, 6) is 0.494. The summed E-state index contributed by atoms with van der Waals surface area (Å²) < 4.78 is 44.0. The summed E-state index contributed by atoms with van der Waals surface area (Å²) in [7, 11) is -2.39. The number of sulfonamides is 1. The number of morpholine rings is 1. The summed E-state index contributed by atoms with van der Waals surface area (Å²) in [6, 6.07) is 12.0. The van der Waals surface area contributed by atoms with Crippen molar-refractivity contribution >= 4 is 21.6 Å². The van der Waals surface area contributed by atoms with Gasteiger partial charge in [0.1, 0.15) is 16.4 Å². The zero-order chi connectivity index (χ0) is 22.4. The first kappa shape index (κ1) is 23.1. The molecule has 1 N–H and O–H groups in total. The Morgan fingerprint density at radius 1 is 1.16 bits per heavy atom. The van der Waals surface area contributed by atoms with Crippen LogP contribution in [0, 0.1) is 6.92 Å². The van der Waals surface area contributed by atoms with Crippen molar-refractivity contribution < 1.29 is 27.4 Å². The van der Waals surface area contributed by atoms with Gasteiger partial charge >= 0.3 is 0 Å². The van der Waals surface area contributed by atoms with Crippen LogP contribution in [0.15, 0.2) is 47.4 Å². The second-order valence-corrected chi connectivity index (χ2v) is 9.06. The summed E-state index contributed by atoms with van der Waals surface area (Å²) in [6.07, 6.45) is -0.266. The van der Waals surface area contributed by atoms with E-state index in [1.165, 1.54) is 23.5 Å². The normalized spacial score (nSPS) is 15.8. The molecule has 8 nitrogen and oxygen atoms in total. The predicted octanol–water partition coefficient (Wildman–Crippen LogP) is 2.82. The second kappa shape index (κ2) is 10.1. The quantitative estimate of drug-likeness (QED) is 0.667. The highest BCUT2D eigenvalue weighted by Gasteiger charge is 2.30. The molecule has 168 valence electrons. The number of methoxy groups -OCH3 is 1. The topological polar surface area (TPSA) is 94.2 Å². The van der Waals surface area contributed by atoms with Crippen molar-refractivity contribution in [1.29, 1.82) is 0 Å². The van der Waals surface area contributed by atoms with Crippen LogP contribution in [0.25, 0.3) is 0 Å². The molecule has 0 spiro atoms. The first-order valence-corrected chi connectivity index (χ1v) is 11.6. The third-order valence-corrected chi connectivity index (χ3v) is 6.96. The Hall–Kier alpha value is -2.62. The maximum absolute atomic E-state index is 13.1. The Kier molecular flexibility index (Phi) is 7.53. The third-order valence-electron chi connectivity index (χ3n) is 5.05. The first-order valence-electron chi connectivity index (χ1n) is 10.2. The number of hydrogen-bond donors (Lipinski definition) is 1. The number of carbonyl (C=O) groups excluding carboxylic acids is 1. The van der Waals surface area contributed by atoms with Crippen LogP contribution in [0.3, 0.4) is 0 Å². The van der Waals surface area contributed by atoms with Crippen molar-refractivity contribution in [3.05, 3.63) is 48.0 Å². The highest BCUT2D eigenvalue weighted by Crippen LogP contribution is 2.30. The molecule has 1 heterocycles. The summed E-state index contributed by atoms with van der Waals surface area (Å²) in [5.41, 5.74) is 1.28. The number of para-hydroxylation sites is 1. The minimum Gasteiger partial charge on any atom is -0.495 e. The molecular formula is C22H28N2O6S. The van der Waals surface area contributed by atoms with Crippen molar-refractivity contribution in [3.8, 4) is 11.5 Å². The summed E-state index contributed by atoms with van der Waals surface area (Å²) in [4.78, 5) is 12.8. The van der Waals surface area contributed by atoms with Crippen LogP contribution in [0.1, 0.15) is 18.9 Å². The second-order valence-electron chi connectivity index (χ2n) is 7.15. The number of aryl methyl sites for hydroxylation is 1. The molecule has 0 radical (unpaired) electrons. The van der Waals surface area contributed by atoms with E-state index in [0.717, 1.165) is 5.56 Å². The zero-order valence-electron chi connectivity index (χ0n) is 18.0. The van der Waals surface area contributed by atoms with Crippen molar-refractivity contribution in [3.63, 3.8) is 0 Å². The van der Waals surface area contributed by atoms with Gasteiger partial charge in [-0.3, -0.25) is 4.79 Å². The van der Waals surface area contributed by atoms with E-state index < -0.39 is 16.1 Å². The molecule has 1 aliphatic heterocycles. The lowest BCUT2D eigenvalue weighted by Crippen LogP contribution is -2.40. The molecule has 31 heavy (non-hydrogen) atoms. The Labute approximate surface area is 183 Å². The maximum Gasteiger partial charge on any atom is 0.265 e. The molecule has 1 amide bonds.